The molecule has 0 aliphatic heterocycles. The molecule has 1 aromatic carbocycles. The summed E-state index contributed by atoms with van der Waals surface area (Å²) < 4.78 is 41.9. The van der Waals surface area contributed by atoms with Crippen molar-refractivity contribution < 1.29 is 22.7 Å². The van der Waals surface area contributed by atoms with Crippen LogP contribution in [0.2, 0.25) is 0 Å². The van der Waals surface area contributed by atoms with Crippen molar-refractivity contribution in [2.45, 2.75) is 19.2 Å². The normalized spacial score (nSPS) is 10.5. The van der Waals surface area contributed by atoms with Crippen LogP contribution in [-0.2, 0) is 17.5 Å². The highest BCUT2D eigenvalue weighted by atomic mass is 19.4. The fourth-order valence-electron chi connectivity index (χ4n) is 1.70. The maximum atomic E-state index is 12.3. The molecule has 1 aromatic heterocycles. The number of ether oxygens (including phenoxy) is 1. The predicted octanol–water partition coefficient (Wildman–Crippen LogP) is 3.16. The van der Waals surface area contributed by atoms with E-state index in [4.69, 9.17) is 4.74 Å². The van der Waals surface area contributed by atoms with Gasteiger partial charge in [0.15, 0.2) is 0 Å². The molecular weight excluding hydrogens is 335 g/mol. The lowest BCUT2D eigenvalue weighted by Crippen LogP contribution is -2.24. The first kappa shape index (κ1) is 18.3. The van der Waals surface area contributed by atoms with Crippen molar-refractivity contribution >= 4 is 6.09 Å². The van der Waals surface area contributed by atoms with Gasteiger partial charge in [-0.05, 0) is 5.56 Å². The van der Waals surface area contributed by atoms with Crippen LogP contribution in [0.4, 0.5) is 18.0 Å². The van der Waals surface area contributed by atoms with E-state index in [0.29, 0.717) is 6.42 Å². The zero-order chi connectivity index (χ0) is 18.1. The van der Waals surface area contributed by atoms with Gasteiger partial charge in [-0.15, -0.1) is 0 Å². The average Bonchev–Trinajstić information content (AvgIpc) is 2.60. The standard InChI is InChI=1S/C17H14F3N3O2/c18-17(19,20)15-22-10-14(11-23-15)8-4-5-9-21-16(24)25-12-13-6-2-1-3-7-13/h1-3,6-7,10-11H,5,9,12H2,(H,21,24). The minimum atomic E-state index is -4.57. The SMILES string of the molecule is O=C(NCCC#Cc1cnc(C(F)(F)F)nc1)OCc1ccccc1. The average molecular weight is 349 g/mol. The van der Waals surface area contributed by atoms with E-state index in [0.717, 1.165) is 18.0 Å². The quantitative estimate of drug-likeness (QED) is 0.680. The lowest BCUT2D eigenvalue weighted by atomic mass is 10.2. The summed E-state index contributed by atoms with van der Waals surface area (Å²) in [7, 11) is 0. The van der Waals surface area contributed by atoms with Gasteiger partial charge in [-0.1, -0.05) is 42.2 Å². The third-order valence-corrected chi connectivity index (χ3v) is 2.87. The molecule has 1 amide bonds. The number of nitrogens with one attached hydrogen (secondary N) is 1. The predicted molar refractivity (Wildman–Crippen MR) is 83.2 cm³/mol. The van der Waals surface area contributed by atoms with Gasteiger partial charge in [0.05, 0.1) is 5.56 Å². The van der Waals surface area contributed by atoms with Crippen LogP contribution in [-0.4, -0.2) is 22.6 Å². The molecule has 25 heavy (non-hydrogen) atoms. The van der Waals surface area contributed by atoms with E-state index in [1.165, 1.54) is 0 Å². The molecule has 1 heterocycles. The second-order valence-corrected chi connectivity index (χ2v) is 4.83. The molecule has 0 aliphatic carbocycles. The Hall–Kier alpha value is -3.08. The van der Waals surface area contributed by atoms with Crippen LogP contribution < -0.4 is 5.32 Å². The van der Waals surface area contributed by atoms with Crippen molar-refractivity contribution in [1.29, 1.82) is 0 Å². The molecule has 0 fully saturated rings. The number of alkyl carbamates (subject to hydrolysis) is 1. The molecule has 5 nitrogen and oxygen atoms in total. The van der Waals surface area contributed by atoms with Crippen LogP contribution in [0.15, 0.2) is 42.7 Å². The second-order valence-electron chi connectivity index (χ2n) is 4.83. The van der Waals surface area contributed by atoms with Crippen LogP contribution in [0.5, 0.6) is 0 Å². The second kappa shape index (κ2) is 8.68. The summed E-state index contributed by atoms with van der Waals surface area (Å²) in [5.74, 6) is 4.12. The summed E-state index contributed by atoms with van der Waals surface area (Å²) in [6.45, 7) is 0.420. The lowest BCUT2D eigenvalue weighted by Gasteiger charge is -2.05. The highest BCUT2D eigenvalue weighted by molar-refractivity contribution is 5.67. The number of hydrogen-bond acceptors (Lipinski definition) is 4. The monoisotopic (exact) mass is 349 g/mol. The molecular formula is C17H14F3N3O2. The van der Waals surface area contributed by atoms with Gasteiger partial charge in [0.2, 0.25) is 5.82 Å². The highest BCUT2D eigenvalue weighted by Crippen LogP contribution is 2.25. The first-order chi connectivity index (χ1) is 11.9. The fourth-order valence-corrected chi connectivity index (χ4v) is 1.70. The number of hydrogen-bond donors (Lipinski definition) is 1. The number of halogens is 3. The van der Waals surface area contributed by atoms with E-state index in [-0.39, 0.29) is 18.7 Å². The maximum Gasteiger partial charge on any atom is 0.451 e. The summed E-state index contributed by atoms with van der Waals surface area (Å²) >= 11 is 0. The molecule has 0 spiro atoms. The third kappa shape index (κ3) is 6.51. The van der Waals surface area contributed by atoms with E-state index in [9.17, 15) is 18.0 Å². The van der Waals surface area contributed by atoms with Crippen molar-refractivity contribution in [3.05, 3.63) is 59.7 Å². The Balaban J connectivity index is 1.69. The first-order valence-electron chi connectivity index (χ1n) is 7.28. The minimum Gasteiger partial charge on any atom is -0.445 e. The van der Waals surface area contributed by atoms with Gasteiger partial charge in [0.25, 0.3) is 0 Å². The van der Waals surface area contributed by atoms with Gasteiger partial charge in [0.1, 0.15) is 6.61 Å². The minimum absolute atomic E-state index is 0.168. The lowest BCUT2D eigenvalue weighted by molar-refractivity contribution is -0.145. The van der Waals surface area contributed by atoms with Gasteiger partial charge >= 0.3 is 12.3 Å². The highest BCUT2D eigenvalue weighted by Gasteiger charge is 2.34. The van der Waals surface area contributed by atoms with E-state index in [2.05, 4.69) is 27.1 Å². The topological polar surface area (TPSA) is 64.1 Å². The van der Waals surface area contributed by atoms with E-state index >= 15 is 0 Å². The Morgan fingerprint density at radius 1 is 1.16 bits per heavy atom. The van der Waals surface area contributed by atoms with Crippen LogP contribution in [0, 0.1) is 11.8 Å². The van der Waals surface area contributed by atoms with E-state index in [1.54, 1.807) is 0 Å². The van der Waals surface area contributed by atoms with Crippen LogP contribution >= 0.6 is 0 Å². The number of nitrogens with zero attached hydrogens (tertiary/aromatic N) is 2. The number of aromatic nitrogens is 2. The largest absolute Gasteiger partial charge is 0.451 e. The van der Waals surface area contributed by atoms with Gasteiger partial charge in [-0.2, -0.15) is 13.2 Å². The van der Waals surface area contributed by atoms with Gasteiger partial charge in [-0.25, -0.2) is 14.8 Å². The van der Waals surface area contributed by atoms with Crippen LogP contribution in [0.1, 0.15) is 23.4 Å². The molecule has 0 radical (unpaired) electrons. The molecule has 0 aliphatic rings. The van der Waals surface area contributed by atoms with Crippen molar-refractivity contribution in [3.63, 3.8) is 0 Å². The van der Waals surface area contributed by atoms with Gasteiger partial charge in [0, 0.05) is 25.4 Å². The van der Waals surface area contributed by atoms with Gasteiger partial charge < -0.3 is 10.1 Å². The summed E-state index contributed by atoms with van der Waals surface area (Å²) in [6.07, 6.45) is -2.82. The zero-order valence-corrected chi connectivity index (χ0v) is 13.0. The van der Waals surface area contributed by atoms with Gasteiger partial charge in [-0.3, -0.25) is 0 Å². The third-order valence-electron chi connectivity index (χ3n) is 2.87. The number of carbonyl (C=O) groups is 1. The van der Waals surface area contributed by atoms with Crippen molar-refractivity contribution in [1.82, 2.24) is 15.3 Å². The maximum absolute atomic E-state index is 12.3. The number of carbonyl (C=O) groups excluding carboxylic acids is 1. The Kier molecular flexibility index (Phi) is 6.34. The fraction of sp³-hybridized carbons (Fsp3) is 0.235. The molecule has 0 saturated heterocycles. The summed E-state index contributed by atoms with van der Waals surface area (Å²) in [5, 5.41) is 2.52. The molecule has 8 heteroatoms. The van der Waals surface area contributed by atoms with Crippen molar-refractivity contribution in [2.75, 3.05) is 6.54 Å². The number of benzene rings is 1. The summed E-state index contributed by atoms with van der Waals surface area (Å²) in [5.41, 5.74) is 1.14. The van der Waals surface area contributed by atoms with Crippen molar-refractivity contribution in [3.8, 4) is 11.8 Å². The number of rotatable bonds is 4. The molecule has 2 aromatic rings. The Labute approximate surface area is 142 Å². The van der Waals surface area contributed by atoms with Crippen molar-refractivity contribution in [2.24, 2.45) is 0 Å². The first-order valence-corrected chi connectivity index (χ1v) is 7.28. The molecule has 1 N–H and O–H groups in total. The molecule has 0 atom stereocenters. The zero-order valence-electron chi connectivity index (χ0n) is 13.0. The smallest absolute Gasteiger partial charge is 0.445 e. The van der Waals surface area contributed by atoms with E-state index in [1.807, 2.05) is 30.3 Å². The molecule has 0 saturated carbocycles. The Morgan fingerprint density at radius 3 is 2.48 bits per heavy atom. The van der Waals surface area contributed by atoms with E-state index < -0.39 is 18.1 Å². The molecule has 0 bridgehead atoms. The summed E-state index contributed by atoms with van der Waals surface area (Å²) in [4.78, 5) is 17.9. The number of amides is 1. The molecule has 130 valence electrons. The number of alkyl halides is 3. The Bertz CT molecular complexity index is 751. The van der Waals surface area contributed by atoms with Crippen LogP contribution in [0.25, 0.3) is 0 Å². The van der Waals surface area contributed by atoms with Crippen LogP contribution in [0.3, 0.4) is 0 Å². The Morgan fingerprint density at radius 2 is 1.84 bits per heavy atom. The summed E-state index contributed by atoms with van der Waals surface area (Å²) in [6, 6.07) is 9.23. The molecule has 2 rings (SSSR count). The molecule has 0 unspecified atom stereocenters.